The van der Waals surface area contributed by atoms with Crippen molar-refractivity contribution < 1.29 is 23.4 Å². The van der Waals surface area contributed by atoms with E-state index in [1.807, 2.05) is 0 Å². The molecule has 0 saturated carbocycles. The smallest absolute Gasteiger partial charge is 0.343 e. The second-order valence-corrected chi connectivity index (χ2v) is 5.88. The fourth-order valence-corrected chi connectivity index (χ4v) is 2.64. The first kappa shape index (κ1) is 17.8. The summed E-state index contributed by atoms with van der Waals surface area (Å²) in [6.45, 7) is 1.69. The molecule has 0 atom stereocenters. The number of carbonyl (C=O) groups excluding carboxylic acids is 1. The van der Waals surface area contributed by atoms with Crippen LogP contribution in [0.4, 0.5) is 0 Å². The first-order valence-electron chi connectivity index (χ1n) is 7.60. The van der Waals surface area contributed by atoms with Gasteiger partial charge in [-0.05, 0) is 31.2 Å². The molecule has 1 heterocycles. The van der Waals surface area contributed by atoms with Gasteiger partial charge in [-0.1, -0.05) is 11.6 Å². The van der Waals surface area contributed by atoms with Gasteiger partial charge in [0, 0.05) is 11.6 Å². The highest BCUT2D eigenvalue weighted by Gasteiger charge is 2.16. The van der Waals surface area contributed by atoms with Crippen LogP contribution in [0.1, 0.15) is 15.9 Å². The lowest BCUT2D eigenvalue weighted by Gasteiger charge is -2.11. The molecule has 0 bridgehead atoms. The Labute approximate surface area is 153 Å². The van der Waals surface area contributed by atoms with Gasteiger partial charge in [0.05, 0.1) is 25.2 Å². The van der Waals surface area contributed by atoms with E-state index < -0.39 is 5.97 Å². The molecule has 0 aliphatic rings. The fraction of sp³-hybridized carbons (Fsp3) is 0.158. The van der Waals surface area contributed by atoms with Crippen LogP contribution in [-0.2, 0) is 0 Å². The first-order valence-corrected chi connectivity index (χ1v) is 7.98. The molecule has 3 aromatic rings. The molecule has 1 aromatic heterocycles. The second-order valence-electron chi connectivity index (χ2n) is 5.47. The van der Waals surface area contributed by atoms with E-state index >= 15 is 0 Å². The molecule has 2 aromatic carbocycles. The van der Waals surface area contributed by atoms with Crippen LogP contribution in [0.25, 0.3) is 11.0 Å². The Morgan fingerprint density at radius 3 is 2.35 bits per heavy atom. The topological polar surface area (TPSA) is 75.0 Å². The largest absolute Gasteiger partial charge is 0.497 e. The van der Waals surface area contributed by atoms with Crippen LogP contribution in [0.15, 0.2) is 45.8 Å². The molecule has 0 spiro atoms. The summed E-state index contributed by atoms with van der Waals surface area (Å²) < 4.78 is 21.2. The SMILES string of the molecule is COc1cc(OC)cc(C(=O)Oc2ccc3c(=O)c(Cl)coc3c2C)c1. The minimum Gasteiger partial charge on any atom is -0.497 e. The van der Waals surface area contributed by atoms with Gasteiger partial charge in [-0.25, -0.2) is 4.79 Å². The molecule has 0 aliphatic carbocycles. The van der Waals surface area contributed by atoms with Gasteiger partial charge in [-0.2, -0.15) is 0 Å². The molecular formula is C19H15ClO6. The van der Waals surface area contributed by atoms with Crippen LogP contribution in [0.3, 0.4) is 0 Å². The summed E-state index contributed by atoms with van der Waals surface area (Å²) in [6, 6.07) is 7.77. The molecule has 134 valence electrons. The Hall–Kier alpha value is -2.99. The summed E-state index contributed by atoms with van der Waals surface area (Å²) in [5.74, 6) is 0.607. The molecule has 0 N–H and O–H groups in total. The Kier molecular flexibility index (Phi) is 4.86. The van der Waals surface area contributed by atoms with E-state index in [1.165, 1.54) is 26.4 Å². The van der Waals surface area contributed by atoms with Gasteiger partial charge in [-0.15, -0.1) is 0 Å². The lowest BCUT2D eigenvalue weighted by Crippen LogP contribution is -2.10. The van der Waals surface area contributed by atoms with Crippen molar-refractivity contribution in [3.05, 3.63) is 63.0 Å². The van der Waals surface area contributed by atoms with Gasteiger partial charge in [0.25, 0.3) is 0 Å². The van der Waals surface area contributed by atoms with Crippen molar-refractivity contribution in [2.75, 3.05) is 14.2 Å². The van der Waals surface area contributed by atoms with Crippen molar-refractivity contribution in [1.29, 1.82) is 0 Å². The van der Waals surface area contributed by atoms with E-state index in [-0.39, 0.29) is 21.8 Å². The van der Waals surface area contributed by atoms with Crippen molar-refractivity contribution in [2.45, 2.75) is 6.92 Å². The summed E-state index contributed by atoms with van der Waals surface area (Å²) in [5, 5.41) is 0.308. The van der Waals surface area contributed by atoms with E-state index in [0.717, 1.165) is 6.26 Å². The number of benzene rings is 2. The van der Waals surface area contributed by atoms with E-state index in [1.54, 1.807) is 25.1 Å². The van der Waals surface area contributed by atoms with Crippen molar-refractivity contribution in [1.82, 2.24) is 0 Å². The Bertz CT molecular complexity index is 1030. The number of halogens is 1. The zero-order valence-electron chi connectivity index (χ0n) is 14.3. The van der Waals surface area contributed by atoms with Crippen molar-refractivity contribution >= 4 is 28.5 Å². The zero-order valence-corrected chi connectivity index (χ0v) is 15.0. The number of hydrogen-bond acceptors (Lipinski definition) is 6. The minimum absolute atomic E-state index is 0.00915. The van der Waals surface area contributed by atoms with Gasteiger partial charge >= 0.3 is 5.97 Å². The Morgan fingerprint density at radius 2 is 1.73 bits per heavy atom. The molecule has 0 aliphatic heterocycles. The number of rotatable bonds is 4. The number of methoxy groups -OCH3 is 2. The van der Waals surface area contributed by atoms with E-state index in [2.05, 4.69) is 0 Å². The first-order chi connectivity index (χ1) is 12.4. The molecule has 0 fully saturated rings. The summed E-state index contributed by atoms with van der Waals surface area (Å²) >= 11 is 5.79. The summed E-state index contributed by atoms with van der Waals surface area (Å²) in [5.41, 5.74) is 0.747. The number of esters is 1. The van der Waals surface area contributed by atoms with Crippen LogP contribution in [0.5, 0.6) is 17.2 Å². The Morgan fingerprint density at radius 1 is 1.08 bits per heavy atom. The van der Waals surface area contributed by atoms with Crippen LogP contribution in [-0.4, -0.2) is 20.2 Å². The lowest BCUT2D eigenvalue weighted by atomic mass is 10.1. The predicted octanol–water partition coefficient (Wildman–Crippen LogP) is 3.99. The van der Waals surface area contributed by atoms with Gasteiger partial charge in [-0.3, -0.25) is 4.79 Å². The average Bonchev–Trinajstić information content (AvgIpc) is 2.66. The third kappa shape index (κ3) is 3.23. The monoisotopic (exact) mass is 374 g/mol. The second kappa shape index (κ2) is 7.09. The third-order valence-corrected chi connectivity index (χ3v) is 4.15. The molecule has 26 heavy (non-hydrogen) atoms. The maximum absolute atomic E-state index is 12.5. The van der Waals surface area contributed by atoms with Crippen molar-refractivity contribution in [3.8, 4) is 17.2 Å². The fourth-order valence-electron chi connectivity index (χ4n) is 2.49. The zero-order chi connectivity index (χ0) is 18.8. The summed E-state index contributed by atoms with van der Waals surface area (Å²) in [4.78, 5) is 24.6. The highest BCUT2D eigenvalue weighted by molar-refractivity contribution is 6.30. The molecule has 7 heteroatoms. The van der Waals surface area contributed by atoms with E-state index in [4.69, 9.17) is 30.2 Å². The highest BCUT2D eigenvalue weighted by atomic mass is 35.5. The maximum Gasteiger partial charge on any atom is 0.343 e. The van der Waals surface area contributed by atoms with Gasteiger partial charge in [0.1, 0.15) is 34.1 Å². The molecule has 0 unspecified atom stereocenters. The van der Waals surface area contributed by atoms with E-state index in [9.17, 15) is 9.59 Å². The van der Waals surface area contributed by atoms with Crippen molar-refractivity contribution in [3.63, 3.8) is 0 Å². The molecule has 0 amide bonds. The molecule has 3 rings (SSSR count). The van der Waals surface area contributed by atoms with Crippen molar-refractivity contribution in [2.24, 2.45) is 0 Å². The Balaban J connectivity index is 1.99. The average molecular weight is 375 g/mol. The van der Waals surface area contributed by atoms with E-state index in [0.29, 0.717) is 28.0 Å². The highest BCUT2D eigenvalue weighted by Crippen LogP contribution is 2.28. The molecular weight excluding hydrogens is 360 g/mol. The van der Waals surface area contributed by atoms with Gasteiger partial charge in [0.15, 0.2) is 0 Å². The quantitative estimate of drug-likeness (QED) is 0.507. The lowest BCUT2D eigenvalue weighted by molar-refractivity contribution is 0.0733. The normalized spacial score (nSPS) is 10.6. The summed E-state index contributed by atoms with van der Waals surface area (Å²) in [7, 11) is 2.98. The van der Waals surface area contributed by atoms with Crippen LogP contribution in [0.2, 0.25) is 5.02 Å². The molecule has 6 nitrogen and oxygen atoms in total. The van der Waals surface area contributed by atoms with Gasteiger partial charge in [0.2, 0.25) is 5.43 Å². The number of ether oxygens (including phenoxy) is 3. The van der Waals surface area contributed by atoms with Crippen LogP contribution < -0.4 is 19.6 Å². The molecule has 0 saturated heterocycles. The summed E-state index contributed by atoms with van der Waals surface area (Å²) in [6.07, 6.45) is 1.16. The standard InChI is InChI=1S/C19H15ClO6/c1-10-16(5-4-14-17(21)15(20)9-25-18(10)14)26-19(22)11-6-12(23-2)8-13(7-11)24-3/h4-9H,1-3H3. The molecule has 0 radical (unpaired) electrons. The minimum atomic E-state index is -0.596. The predicted molar refractivity (Wildman–Crippen MR) is 96.7 cm³/mol. The number of carbonyl (C=O) groups is 1. The van der Waals surface area contributed by atoms with Crippen LogP contribution >= 0.6 is 11.6 Å². The van der Waals surface area contributed by atoms with Crippen LogP contribution in [0, 0.1) is 6.92 Å². The number of hydrogen-bond donors (Lipinski definition) is 0. The van der Waals surface area contributed by atoms with Gasteiger partial charge < -0.3 is 18.6 Å². The number of aryl methyl sites for hydroxylation is 1. The number of fused-ring (bicyclic) bond motifs is 1. The maximum atomic E-state index is 12.5. The third-order valence-electron chi connectivity index (χ3n) is 3.89.